The van der Waals surface area contributed by atoms with Gasteiger partial charge in [0, 0.05) is 5.56 Å². The molecule has 2 aromatic rings. The molecule has 0 aliphatic carbocycles. The van der Waals surface area contributed by atoms with Crippen molar-refractivity contribution in [2.45, 2.75) is 0 Å². The normalized spacial score (nSPS) is 10.2. The zero-order valence-corrected chi connectivity index (χ0v) is 9.92. The number of aromatic nitrogens is 2. The van der Waals surface area contributed by atoms with Crippen molar-refractivity contribution in [1.82, 2.24) is 9.97 Å². The van der Waals surface area contributed by atoms with E-state index in [4.69, 9.17) is 15.6 Å². The Morgan fingerprint density at radius 2 is 2.21 bits per heavy atom. The van der Waals surface area contributed by atoms with Crippen LogP contribution in [0.5, 0.6) is 5.75 Å². The number of nitrogen functional groups attached to an aromatic ring is 1. The molecule has 19 heavy (non-hydrogen) atoms. The van der Waals surface area contributed by atoms with Crippen LogP contribution in [0.4, 0.5) is 10.2 Å². The highest BCUT2D eigenvalue weighted by Crippen LogP contribution is 2.26. The summed E-state index contributed by atoms with van der Waals surface area (Å²) in [6.07, 6.45) is 1.21. The van der Waals surface area contributed by atoms with Gasteiger partial charge in [0.2, 0.25) is 0 Å². The maximum Gasteiger partial charge on any atom is 0.358 e. The molecule has 1 aromatic carbocycles. The molecule has 1 aromatic heterocycles. The van der Waals surface area contributed by atoms with Gasteiger partial charge in [0.15, 0.2) is 11.5 Å². The molecule has 0 bridgehead atoms. The Balaban J connectivity index is 2.59. The Morgan fingerprint density at radius 1 is 1.47 bits per heavy atom. The van der Waals surface area contributed by atoms with Gasteiger partial charge in [0.25, 0.3) is 0 Å². The first-order valence-electron chi connectivity index (χ1n) is 5.22. The lowest BCUT2D eigenvalue weighted by Crippen LogP contribution is -2.08. The number of hydrogen-bond acceptors (Lipinski definition) is 5. The minimum Gasteiger partial charge on any atom is -0.497 e. The van der Waals surface area contributed by atoms with Crippen LogP contribution in [0.1, 0.15) is 10.5 Å². The van der Waals surface area contributed by atoms with Gasteiger partial charge in [0.05, 0.1) is 19.0 Å². The van der Waals surface area contributed by atoms with Gasteiger partial charge in [-0.3, -0.25) is 0 Å². The quantitative estimate of drug-likeness (QED) is 0.872. The Bertz CT molecular complexity index is 646. The first-order chi connectivity index (χ1) is 9.02. The van der Waals surface area contributed by atoms with Crippen molar-refractivity contribution in [3.8, 4) is 17.0 Å². The van der Waals surface area contributed by atoms with Crippen molar-refractivity contribution in [2.75, 3.05) is 12.8 Å². The molecule has 0 spiro atoms. The summed E-state index contributed by atoms with van der Waals surface area (Å²) in [7, 11) is 1.44. The van der Waals surface area contributed by atoms with Crippen LogP contribution in [-0.2, 0) is 0 Å². The molecule has 98 valence electrons. The molecule has 0 aliphatic heterocycles. The number of nitrogens with zero attached hydrogens (tertiary/aromatic N) is 2. The van der Waals surface area contributed by atoms with E-state index in [1.54, 1.807) is 0 Å². The van der Waals surface area contributed by atoms with Crippen LogP contribution in [-0.4, -0.2) is 28.2 Å². The molecular weight excluding hydrogens is 253 g/mol. The van der Waals surface area contributed by atoms with Gasteiger partial charge in [-0.2, -0.15) is 0 Å². The van der Waals surface area contributed by atoms with Crippen molar-refractivity contribution in [1.29, 1.82) is 0 Å². The van der Waals surface area contributed by atoms with E-state index in [9.17, 15) is 9.18 Å². The standard InChI is InChI=1S/C12H10FN3O3/c1-19-6-2-3-8(13)7(4-6)9-5-15-11(14)10(16-9)12(17)18/h2-5H,1H3,(H2,14,15)(H,17,18). The summed E-state index contributed by atoms with van der Waals surface area (Å²) >= 11 is 0. The molecule has 0 amide bonds. The highest BCUT2D eigenvalue weighted by atomic mass is 19.1. The fourth-order valence-electron chi connectivity index (χ4n) is 1.51. The summed E-state index contributed by atoms with van der Waals surface area (Å²) in [5, 5.41) is 8.91. The maximum atomic E-state index is 13.7. The van der Waals surface area contributed by atoms with Gasteiger partial charge in [-0.1, -0.05) is 0 Å². The summed E-state index contributed by atoms with van der Waals surface area (Å²) < 4.78 is 18.7. The summed E-state index contributed by atoms with van der Waals surface area (Å²) in [6, 6.07) is 4.05. The third kappa shape index (κ3) is 2.44. The number of carboxylic acid groups (broad SMARTS) is 1. The van der Waals surface area contributed by atoms with Crippen LogP contribution in [0, 0.1) is 5.82 Å². The summed E-state index contributed by atoms with van der Waals surface area (Å²) in [6.45, 7) is 0. The summed E-state index contributed by atoms with van der Waals surface area (Å²) in [4.78, 5) is 18.4. The van der Waals surface area contributed by atoms with E-state index in [1.165, 1.54) is 31.5 Å². The van der Waals surface area contributed by atoms with Crippen molar-refractivity contribution in [3.63, 3.8) is 0 Å². The van der Waals surface area contributed by atoms with Gasteiger partial charge in [-0.05, 0) is 18.2 Å². The van der Waals surface area contributed by atoms with Gasteiger partial charge in [0.1, 0.15) is 11.6 Å². The predicted molar refractivity (Wildman–Crippen MR) is 65.3 cm³/mol. The molecule has 1 heterocycles. The fraction of sp³-hybridized carbons (Fsp3) is 0.0833. The van der Waals surface area contributed by atoms with E-state index >= 15 is 0 Å². The molecule has 2 rings (SSSR count). The Morgan fingerprint density at radius 3 is 2.84 bits per heavy atom. The molecule has 0 saturated carbocycles. The van der Waals surface area contributed by atoms with Crippen LogP contribution in [0.3, 0.4) is 0 Å². The molecule has 7 heteroatoms. The summed E-state index contributed by atoms with van der Waals surface area (Å²) in [5.41, 5.74) is 5.14. The van der Waals surface area contributed by atoms with Crippen LogP contribution in [0.15, 0.2) is 24.4 Å². The van der Waals surface area contributed by atoms with Crippen molar-refractivity contribution < 1.29 is 19.0 Å². The van der Waals surface area contributed by atoms with Crippen molar-refractivity contribution in [3.05, 3.63) is 35.9 Å². The molecule has 0 saturated heterocycles. The number of ether oxygens (including phenoxy) is 1. The van der Waals surface area contributed by atoms with E-state index < -0.39 is 17.5 Å². The van der Waals surface area contributed by atoms with E-state index in [2.05, 4.69) is 9.97 Å². The molecule has 0 unspecified atom stereocenters. The zero-order chi connectivity index (χ0) is 14.0. The number of carbonyl (C=O) groups is 1. The van der Waals surface area contributed by atoms with E-state index in [1.807, 2.05) is 0 Å². The molecule has 0 atom stereocenters. The van der Waals surface area contributed by atoms with Gasteiger partial charge in [-0.15, -0.1) is 0 Å². The van der Waals surface area contributed by atoms with Gasteiger partial charge in [-0.25, -0.2) is 19.2 Å². The third-order valence-electron chi connectivity index (χ3n) is 2.45. The lowest BCUT2D eigenvalue weighted by atomic mass is 10.1. The maximum absolute atomic E-state index is 13.7. The molecular formula is C12H10FN3O3. The molecule has 0 fully saturated rings. The van der Waals surface area contributed by atoms with Crippen LogP contribution in [0.2, 0.25) is 0 Å². The largest absolute Gasteiger partial charge is 0.497 e. The average Bonchev–Trinajstić information content (AvgIpc) is 2.40. The number of benzene rings is 1. The van der Waals surface area contributed by atoms with Crippen molar-refractivity contribution >= 4 is 11.8 Å². The second-order valence-electron chi connectivity index (χ2n) is 3.64. The smallest absolute Gasteiger partial charge is 0.358 e. The van der Waals surface area contributed by atoms with Gasteiger partial charge < -0.3 is 15.6 Å². The second-order valence-corrected chi connectivity index (χ2v) is 3.64. The zero-order valence-electron chi connectivity index (χ0n) is 9.92. The predicted octanol–water partition coefficient (Wildman–Crippen LogP) is 1.57. The highest BCUT2D eigenvalue weighted by Gasteiger charge is 2.15. The monoisotopic (exact) mass is 263 g/mol. The number of anilines is 1. The second kappa shape index (κ2) is 4.89. The van der Waals surface area contributed by atoms with E-state index in [0.717, 1.165) is 0 Å². The minimum atomic E-state index is -1.32. The SMILES string of the molecule is COc1ccc(F)c(-c2cnc(N)c(C(=O)O)n2)c1. The number of rotatable bonds is 3. The van der Waals surface area contributed by atoms with Crippen LogP contribution >= 0.6 is 0 Å². The Labute approximate surface area is 107 Å². The van der Waals surface area contributed by atoms with Gasteiger partial charge >= 0.3 is 5.97 Å². The molecule has 3 N–H and O–H groups in total. The number of carboxylic acids is 1. The average molecular weight is 263 g/mol. The first-order valence-corrected chi connectivity index (χ1v) is 5.22. The number of halogens is 1. The summed E-state index contributed by atoms with van der Waals surface area (Å²) in [5.74, 6) is -1.68. The van der Waals surface area contributed by atoms with Crippen molar-refractivity contribution in [2.24, 2.45) is 0 Å². The minimum absolute atomic E-state index is 0.0722. The van der Waals surface area contributed by atoms with E-state index in [0.29, 0.717) is 5.75 Å². The lowest BCUT2D eigenvalue weighted by Gasteiger charge is -2.07. The number of aromatic carboxylic acids is 1. The number of nitrogens with two attached hydrogens (primary N) is 1. The lowest BCUT2D eigenvalue weighted by molar-refractivity contribution is 0.0691. The molecule has 0 radical (unpaired) electrons. The first kappa shape index (κ1) is 12.7. The molecule has 6 nitrogen and oxygen atoms in total. The fourth-order valence-corrected chi connectivity index (χ4v) is 1.51. The Kier molecular flexibility index (Phi) is 3.28. The topological polar surface area (TPSA) is 98.3 Å². The van der Waals surface area contributed by atoms with E-state index in [-0.39, 0.29) is 17.1 Å². The number of hydrogen-bond donors (Lipinski definition) is 2. The Hall–Kier alpha value is -2.70. The van der Waals surface area contributed by atoms with Crippen LogP contribution in [0.25, 0.3) is 11.3 Å². The van der Waals surface area contributed by atoms with Crippen LogP contribution < -0.4 is 10.5 Å². The molecule has 0 aliphatic rings. The number of methoxy groups -OCH3 is 1. The third-order valence-corrected chi connectivity index (χ3v) is 2.45. The highest BCUT2D eigenvalue weighted by molar-refractivity contribution is 5.90.